The van der Waals surface area contributed by atoms with E-state index >= 15 is 0 Å². The summed E-state index contributed by atoms with van der Waals surface area (Å²) in [6.45, 7) is 11.1. The smallest absolute Gasteiger partial charge is 0.193 e. The fraction of sp³-hybridized carbons (Fsp3) is 0.268. The van der Waals surface area contributed by atoms with Gasteiger partial charge in [0.05, 0.1) is 0 Å². The highest BCUT2D eigenvalue weighted by molar-refractivity contribution is 6.53. The molecular formula is C41H47BN2. The van der Waals surface area contributed by atoms with E-state index in [9.17, 15) is 0 Å². The van der Waals surface area contributed by atoms with Crippen LogP contribution in [0.3, 0.4) is 0 Å². The molecule has 0 amide bonds. The summed E-state index contributed by atoms with van der Waals surface area (Å²) in [7, 11) is 0.723. The third kappa shape index (κ3) is 6.84. The van der Waals surface area contributed by atoms with Gasteiger partial charge in [0.2, 0.25) is 0 Å². The van der Waals surface area contributed by atoms with Crippen molar-refractivity contribution >= 4 is 19.0 Å². The molecule has 2 nitrogen and oxygen atoms in total. The highest BCUT2D eigenvalue weighted by Gasteiger charge is 2.34. The third-order valence-electron chi connectivity index (χ3n) is 9.22. The van der Waals surface area contributed by atoms with Crippen LogP contribution in [0.25, 0.3) is 6.08 Å². The van der Waals surface area contributed by atoms with Crippen molar-refractivity contribution < 1.29 is 0 Å². The summed E-state index contributed by atoms with van der Waals surface area (Å²) in [5, 5.41) is 3.82. The molecule has 3 N–H and O–H groups in total. The van der Waals surface area contributed by atoms with Crippen molar-refractivity contribution in [3.63, 3.8) is 0 Å². The Morgan fingerprint density at radius 3 is 2.52 bits per heavy atom. The topological polar surface area (TPSA) is 38.0 Å². The first-order valence-electron chi connectivity index (χ1n) is 16.3. The molecule has 1 aliphatic heterocycles. The highest BCUT2D eigenvalue weighted by Crippen LogP contribution is 2.38. The lowest BCUT2D eigenvalue weighted by molar-refractivity contribution is 0.811. The third-order valence-corrected chi connectivity index (χ3v) is 9.22. The summed E-state index contributed by atoms with van der Waals surface area (Å²) in [5.74, 6) is 0. The second-order valence-electron chi connectivity index (χ2n) is 12.3. The van der Waals surface area contributed by atoms with Gasteiger partial charge in [0.15, 0.2) is 7.28 Å². The molecule has 0 spiro atoms. The molecule has 0 aromatic heterocycles. The molecule has 3 heteroatoms. The van der Waals surface area contributed by atoms with Crippen LogP contribution < -0.4 is 11.1 Å². The maximum atomic E-state index is 7.48. The highest BCUT2D eigenvalue weighted by atomic mass is 14.9. The Morgan fingerprint density at radius 1 is 1.02 bits per heavy atom. The van der Waals surface area contributed by atoms with Crippen LogP contribution in [0, 0.1) is 0 Å². The Hall–Kier alpha value is -4.08. The molecule has 0 saturated carbocycles. The van der Waals surface area contributed by atoms with Crippen molar-refractivity contribution in [2.45, 2.75) is 72.2 Å². The quantitative estimate of drug-likeness (QED) is 0.335. The van der Waals surface area contributed by atoms with Gasteiger partial charge in [-0.3, -0.25) is 0 Å². The molecule has 0 saturated heterocycles. The number of allylic oxidation sites excluding steroid dienone is 12. The number of nitrogens with one attached hydrogen (secondary N) is 1. The number of anilines is 1. The van der Waals surface area contributed by atoms with Crippen molar-refractivity contribution in [1.29, 1.82) is 0 Å². The molecular weight excluding hydrogens is 531 g/mol. The van der Waals surface area contributed by atoms with Gasteiger partial charge in [-0.1, -0.05) is 109 Å². The van der Waals surface area contributed by atoms with E-state index in [1.54, 1.807) is 0 Å². The lowest BCUT2D eigenvalue weighted by atomic mass is 9.46. The Bertz CT molecular complexity index is 1670. The molecule has 2 aliphatic carbocycles. The summed E-state index contributed by atoms with van der Waals surface area (Å²) in [6.07, 6.45) is 25.7. The standard InChI is InChI=1S/C41H47BN2/c1-6-17-32-21-16-25-41(43,38-24-15-12-18-29(38)4)42-40(36(32)8-3)30(5)37-28-34-20-14-13-19-33(34)26-31(7-2)27-39(37)44-35-22-10-9-11-23-35/h7-11,13-16,19-25,27-28,42,44H,6,12,17-18,26,43H2,1-5H3/b25-16-,31-7+,32-21-,36-8-,37-28-,39-27-,40-30-. The SMILES string of the molecule is C/C=C1/C=C(Nc2ccccc2)/C(C(/C)=C2\BC(N)(C3=C(C)CCC=C3)\C=C/C=C(CCC)\C2=C\C)=C\c2ccccc2C1. The van der Waals surface area contributed by atoms with E-state index < -0.39 is 5.44 Å². The average Bonchev–Trinajstić information content (AvgIpc) is 3.02. The number of para-hydroxylation sites is 1. The van der Waals surface area contributed by atoms with Gasteiger partial charge in [0, 0.05) is 22.4 Å². The minimum absolute atomic E-state index is 0.606. The van der Waals surface area contributed by atoms with Crippen LogP contribution in [0.2, 0.25) is 0 Å². The fourth-order valence-corrected chi connectivity index (χ4v) is 6.81. The normalized spacial score (nSPS) is 27.7. The lowest BCUT2D eigenvalue weighted by Gasteiger charge is -2.35. The van der Waals surface area contributed by atoms with Crippen molar-refractivity contribution in [3.05, 3.63) is 165 Å². The number of rotatable bonds is 6. The molecule has 0 bridgehead atoms. The first kappa shape index (κ1) is 31.4. The molecule has 1 unspecified atom stereocenters. The summed E-state index contributed by atoms with van der Waals surface area (Å²) in [6, 6.07) is 19.3. The van der Waals surface area contributed by atoms with E-state index in [4.69, 9.17) is 5.73 Å². The van der Waals surface area contributed by atoms with Crippen molar-refractivity contribution in [2.75, 3.05) is 5.32 Å². The van der Waals surface area contributed by atoms with Gasteiger partial charge in [-0.15, -0.1) is 0 Å². The van der Waals surface area contributed by atoms with Crippen molar-refractivity contribution in [2.24, 2.45) is 5.73 Å². The van der Waals surface area contributed by atoms with Crippen molar-refractivity contribution in [1.82, 2.24) is 0 Å². The minimum atomic E-state index is -0.606. The van der Waals surface area contributed by atoms with E-state index in [-0.39, 0.29) is 0 Å². The Morgan fingerprint density at radius 2 is 1.80 bits per heavy atom. The van der Waals surface area contributed by atoms with Crippen LogP contribution in [0.15, 0.2) is 153 Å². The lowest BCUT2D eigenvalue weighted by Crippen LogP contribution is -2.48. The van der Waals surface area contributed by atoms with Gasteiger partial charge < -0.3 is 11.1 Å². The first-order chi connectivity index (χ1) is 21.4. The molecule has 1 heterocycles. The molecule has 2 aromatic carbocycles. The molecule has 3 aliphatic rings. The van der Waals surface area contributed by atoms with Gasteiger partial charge in [-0.2, -0.15) is 0 Å². The van der Waals surface area contributed by atoms with Crippen LogP contribution in [0.4, 0.5) is 5.69 Å². The molecule has 1 atom stereocenters. The zero-order valence-electron chi connectivity index (χ0n) is 27.2. The van der Waals surface area contributed by atoms with Gasteiger partial charge in [-0.25, -0.2) is 0 Å². The number of benzene rings is 2. The van der Waals surface area contributed by atoms with E-state index in [1.807, 2.05) is 0 Å². The zero-order chi connectivity index (χ0) is 31.1. The van der Waals surface area contributed by atoms with Crippen LogP contribution >= 0.6 is 0 Å². The Kier molecular flexibility index (Phi) is 10.1. The Labute approximate surface area is 266 Å². The van der Waals surface area contributed by atoms with Gasteiger partial charge in [0.1, 0.15) is 0 Å². The van der Waals surface area contributed by atoms with Crippen LogP contribution in [0.5, 0.6) is 0 Å². The number of hydrogen-bond acceptors (Lipinski definition) is 2. The van der Waals surface area contributed by atoms with Gasteiger partial charge in [-0.05, 0) is 117 Å². The van der Waals surface area contributed by atoms with Gasteiger partial charge >= 0.3 is 0 Å². The predicted molar refractivity (Wildman–Crippen MR) is 194 cm³/mol. The second-order valence-corrected chi connectivity index (χ2v) is 12.3. The zero-order valence-corrected chi connectivity index (χ0v) is 27.2. The van der Waals surface area contributed by atoms with Crippen LogP contribution in [0.1, 0.15) is 71.4 Å². The van der Waals surface area contributed by atoms with E-state index in [0.29, 0.717) is 0 Å². The minimum Gasteiger partial charge on any atom is -0.355 e. The molecule has 2 aromatic rings. The monoisotopic (exact) mass is 578 g/mol. The molecule has 0 fully saturated rings. The summed E-state index contributed by atoms with van der Waals surface area (Å²) >= 11 is 0. The largest absolute Gasteiger partial charge is 0.355 e. The number of hydrogen-bond donors (Lipinski definition) is 2. The fourth-order valence-electron chi connectivity index (χ4n) is 6.81. The summed E-state index contributed by atoms with van der Waals surface area (Å²) in [5.41, 5.74) is 22.0. The molecule has 44 heavy (non-hydrogen) atoms. The second kappa shape index (κ2) is 14.1. The number of nitrogens with two attached hydrogens (primary N) is 1. The van der Waals surface area contributed by atoms with Crippen LogP contribution in [-0.4, -0.2) is 12.7 Å². The molecule has 5 rings (SSSR count). The number of fused-ring (bicyclic) bond motifs is 1. The van der Waals surface area contributed by atoms with E-state index in [2.05, 4.69) is 149 Å². The first-order valence-corrected chi connectivity index (χ1v) is 16.3. The predicted octanol–water partition coefficient (Wildman–Crippen LogP) is 9.84. The Balaban J connectivity index is 1.78. The van der Waals surface area contributed by atoms with E-state index in [1.165, 1.54) is 55.6 Å². The van der Waals surface area contributed by atoms with Gasteiger partial charge in [0.25, 0.3) is 0 Å². The molecule has 224 valence electrons. The van der Waals surface area contributed by atoms with Crippen molar-refractivity contribution in [3.8, 4) is 0 Å². The van der Waals surface area contributed by atoms with Crippen LogP contribution in [-0.2, 0) is 6.42 Å². The maximum absolute atomic E-state index is 7.48. The summed E-state index contributed by atoms with van der Waals surface area (Å²) in [4.78, 5) is 0. The van der Waals surface area contributed by atoms with E-state index in [0.717, 1.165) is 50.8 Å². The molecule has 0 radical (unpaired) electrons. The summed E-state index contributed by atoms with van der Waals surface area (Å²) < 4.78 is 0. The average molecular weight is 579 g/mol. The maximum Gasteiger partial charge on any atom is 0.193 e.